The van der Waals surface area contributed by atoms with Crippen LogP contribution in [0.25, 0.3) is 0 Å². The molecule has 0 saturated heterocycles. The van der Waals surface area contributed by atoms with Crippen molar-refractivity contribution < 1.29 is 9.53 Å². The molecule has 0 radical (unpaired) electrons. The number of carbonyl (C=O) groups is 1. The van der Waals surface area contributed by atoms with E-state index in [9.17, 15) is 4.79 Å². The number of benzene rings is 2. The lowest BCUT2D eigenvalue weighted by molar-refractivity contribution is 0.102. The maximum atomic E-state index is 12.5. The summed E-state index contributed by atoms with van der Waals surface area (Å²) in [6.45, 7) is 0. The molecule has 0 atom stereocenters. The summed E-state index contributed by atoms with van der Waals surface area (Å²) < 4.78 is 5.15. The number of anilines is 3. The second-order valence-electron chi connectivity index (χ2n) is 5.37. The number of ether oxygens (including phenoxy) is 1. The predicted octanol–water partition coefficient (Wildman–Crippen LogP) is 5.39. The van der Waals surface area contributed by atoms with Crippen LogP contribution in [0, 0.1) is 0 Å². The summed E-state index contributed by atoms with van der Waals surface area (Å²) >= 11 is 12.1. The van der Waals surface area contributed by atoms with Gasteiger partial charge in [0.1, 0.15) is 11.6 Å². The van der Waals surface area contributed by atoms with Crippen molar-refractivity contribution in [3.05, 3.63) is 76.4 Å². The van der Waals surface area contributed by atoms with Gasteiger partial charge in [-0.15, -0.1) is 0 Å². The molecule has 0 aliphatic heterocycles. The van der Waals surface area contributed by atoms with E-state index in [4.69, 9.17) is 27.9 Å². The van der Waals surface area contributed by atoms with Crippen LogP contribution in [0.5, 0.6) is 5.75 Å². The fourth-order valence-electron chi connectivity index (χ4n) is 2.28. The van der Waals surface area contributed by atoms with Gasteiger partial charge >= 0.3 is 0 Å². The minimum absolute atomic E-state index is 0.263. The van der Waals surface area contributed by atoms with Crippen molar-refractivity contribution in [2.24, 2.45) is 0 Å². The van der Waals surface area contributed by atoms with E-state index >= 15 is 0 Å². The molecule has 0 bridgehead atoms. The number of rotatable bonds is 5. The van der Waals surface area contributed by atoms with Crippen molar-refractivity contribution in [3.63, 3.8) is 0 Å². The average Bonchev–Trinajstić information content (AvgIpc) is 2.65. The minimum atomic E-state index is -0.263. The van der Waals surface area contributed by atoms with Crippen LogP contribution in [0.2, 0.25) is 10.0 Å². The lowest BCUT2D eigenvalue weighted by atomic mass is 10.2. The van der Waals surface area contributed by atoms with Crippen LogP contribution in [-0.4, -0.2) is 18.0 Å². The first-order chi connectivity index (χ1) is 12.5. The molecule has 1 amide bonds. The Bertz CT molecular complexity index is 948. The van der Waals surface area contributed by atoms with E-state index in [1.165, 1.54) is 0 Å². The van der Waals surface area contributed by atoms with Gasteiger partial charge in [-0.2, -0.15) is 0 Å². The maximum absolute atomic E-state index is 12.5. The highest BCUT2D eigenvalue weighted by Gasteiger charge is 2.09. The van der Waals surface area contributed by atoms with E-state index in [1.807, 2.05) is 0 Å². The molecule has 2 aromatic carbocycles. The molecule has 1 heterocycles. The molecular weight excluding hydrogens is 373 g/mol. The zero-order chi connectivity index (χ0) is 18.5. The number of hydrogen-bond donors (Lipinski definition) is 2. The van der Waals surface area contributed by atoms with Crippen LogP contribution in [0.3, 0.4) is 0 Å². The monoisotopic (exact) mass is 387 g/mol. The molecule has 0 aliphatic carbocycles. The Labute approximate surface area is 160 Å². The van der Waals surface area contributed by atoms with Crippen molar-refractivity contribution in [2.75, 3.05) is 17.7 Å². The fraction of sp³-hybridized carbons (Fsp3) is 0.0526. The van der Waals surface area contributed by atoms with Crippen LogP contribution in [0.1, 0.15) is 10.4 Å². The Hall–Kier alpha value is -2.76. The zero-order valence-electron chi connectivity index (χ0n) is 13.8. The molecule has 3 rings (SSSR count). The molecular formula is C19H15Cl2N3O2. The first-order valence-electron chi connectivity index (χ1n) is 7.69. The van der Waals surface area contributed by atoms with Gasteiger partial charge in [0.05, 0.1) is 17.8 Å². The third-order valence-electron chi connectivity index (χ3n) is 3.54. The number of methoxy groups -OCH3 is 1. The normalized spacial score (nSPS) is 10.3. The summed E-state index contributed by atoms with van der Waals surface area (Å²) in [6, 6.07) is 15.5. The van der Waals surface area contributed by atoms with Crippen molar-refractivity contribution in [2.45, 2.75) is 0 Å². The molecule has 0 spiro atoms. The second kappa shape index (κ2) is 8.08. The molecule has 0 unspecified atom stereocenters. The number of nitrogens with zero attached hydrogens (tertiary/aromatic N) is 1. The van der Waals surface area contributed by atoms with Gasteiger partial charge < -0.3 is 15.4 Å². The largest absolute Gasteiger partial charge is 0.497 e. The molecule has 0 aliphatic rings. The Morgan fingerprint density at radius 3 is 2.73 bits per heavy atom. The molecule has 132 valence electrons. The second-order valence-corrected chi connectivity index (χ2v) is 6.21. The van der Waals surface area contributed by atoms with Gasteiger partial charge in [0.25, 0.3) is 5.91 Å². The maximum Gasteiger partial charge on any atom is 0.255 e. The summed E-state index contributed by atoms with van der Waals surface area (Å²) in [7, 11) is 1.57. The highest BCUT2D eigenvalue weighted by atomic mass is 35.5. The minimum Gasteiger partial charge on any atom is -0.497 e. The average molecular weight is 388 g/mol. The van der Waals surface area contributed by atoms with Gasteiger partial charge in [0, 0.05) is 28.5 Å². The van der Waals surface area contributed by atoms with Gasteiger partial charge in [-0.05, 0) is 42.5 Å². The lowest BCUT2D eigenvalue weighted by Crippen LogP contribution is -2.12. The first-order valence-corrected chi connectivity index (χ1v) is 8.44. The summed E-state index contributed by atoms with van der Waals surface area (Å²) in [6.07, 6.45) is 1.54. The van der Waals surface area contributed by atoms with Crippen molar-refractivity contribution in [1.82, 2.24) is 4.98 Å². The molecule has 0 saturated carbocycles. The van der Waals surface area contributed by atoms with Crippen LogP contribution in [0.15, 0.2) is 60.8 Å². The van der Waals surface area contributed by atoms with Crippen LogP contribution in [0.4, 0.5) is 17.2 Å². The number of aromatic nitrogens is 1. The molecule has 26 heavy (non-hydrogen) atoms. The zero-order valence-corrected chi connectivity index (χ0v) is 15.3. The van der Waals surface area contributed by atoms with Crippen LogP contribution >= 0.6 is 23.2 Å². The Balaban J connectivity index is 1.77. The van der Waals surface area contributed by atoms with Gasteiger partial charge in [0.15, 0.2) is 0 Å². The summed E-state index contributed by atoms with van der Waals surface area (Å²) in [5.41, 5.74) is 1.69. The van der Waals surface area contributed by atoms with Crippen molar-refractivity contribution in [1.29, 1.82) is 0 Å². The number of hydrogen-bond acceptors (Lipinski definition) is 4. The molecule has 5 nitrogen and oxygen atoms in total. The SMILES string of the molecule is COc1cccc(NC(=O)c2ccnc(Nc3cc(Cl)ccc3Cl)c2)c1. The highest BCUT2D eigenvalue weighted by molar-refractivity contribution is 6.35. The smallest absolute Gasteiger partial charge is 0.255 e. The van der Waals surface area contributed by atoms with Crippen molar-refractivity contribution in [3.8, 4) is 5.75 Å². The third-order valence-corrected chi connectivity index (χ3v) is 4.11. The topological polar surface area (TPSA) is 63.2 Å². The fourth-order valence-corrected chi connectivity index (χ4v) is 2.61. The summed E-state index contributed by atoms with van der Waals surface area (Å²) in [4.78, 5) is 16.7. The highest BCUT2D eigenvalue weighted by Crippen LogP contribution is 2.28. The number of nitrogens with one attached hydrogen (secondary N) is 2. The van der Waals surface area contributed by atoms with Crippen molar-refractivity contribution >= 4 is 46.3 Å². The Morgan fingerprint density at radius 2 is 1.92 bits per heavy atom. The number of amides is 1. The van der Waals surface area contributed by atoms with Crippen LogP contribution < -0.4 is 15.4 Å². The number of carbonyl (C=O) groups excluding carboxylic acids is 1. The standard InChI is InChI=1S/C19H15Cl2N3O2/c1-26-15-4-2-3-14(11-15)23-19(25)12-7-8-22-18(9-12)24-17-10-13(20)5-6-16(17)21/h2-11H,1H3,(H,22,24)(H,23,25). The molecule has 1 aromatic heterocycles. The van der Waals surface area contributed by atoms with Gasteiger partial charge in [-0.25, -0.2) is 4.98 Å². The number of pyridine rings is 1. The quantitative estimate of drug-likeness (QED) is 0.615. The molecule has 0 fully saturated rings. The van der Waals surface area contributed by atoms with E-state index < -0.39 is 0 Å². The van der Waals surface area contributed by atoms with E-state index in [0.717, 1.165) is 0 Å². The lowest BCUT2D eigenvalue weighted by Gasteiger charge is -2.10. The van der Waals surface area contributed by atoms with E-state index in [-0.39, 0.29) is 5.91 Å². The van der Waals surface area contributed by atoms with Crippen LogP contribution in [-0.2, 0) is 0 Å². The van der Waals surface area contributed by atoms with Gasteiger partial charge in [-0.3, -0.25) is 4.79 Å². The van der Waals surface area contributed by atoms with E-state index in [0.29, 0.717) is 38.6 Å². The van der Waals surface area contributed by atoms with E-state index in [1.54, 1.807) is 67.9 Å². The first kappa shape index (κ1) is 18.0. The summed E-state index contributed by atoms with van der Waals surface area (Å²) in [5, 5.41) is 6.93. The summed E-state index contributed by atoms with van der Waals surface area (Å²) in [5.74, 6) is 0.879. The molecule has 7 heteroatoms. The van der Waals surface area contributed by atoms with E-state index in [2.05, 4.69) is 15.6 Å². The Kier molecular flexibility index (Phi) is 5.61. The van der Waals surface area contributed by atoms with Gasteiger partial charge in [-0.1, -0.05) is 29.3 Å². The molecule has 3 aromatic rings. The molecule has 2 N–H and O–H groups in total. The number of halogens is 2. The predicted molar refractivity (Wildman–Crippen MR) is 105 cm³/mol. The van der Waals surface area contributed by atoms with Gasteiger partial charge in [0.2, 0.25) is 0 Å². The third kappa shape index (κ3) is 4.45. The Morgan fingerprint density at radius 1 is 1.08 bits per heavy atom.